The van der Waals surface area contributed by atoms with Crippen molar-refractivity contribution < 1.29 is 0 Å². The lowest BCUT2D eigenvalue weighted by molar-refractivity contribution is 0.594. The van der Waals surface area contributed by atoms with Crippen LogP contribution in [-0.4, -0.2) is 11.0 Å². The van der Waals surface area contributed by atoms with Gasteiger partial charge in [0.15, 0.2) is 0 Å². The molecule has 1 aromatic heterocycles. The van der Waals surface area contributed by atoms with E-state index in [2.05, 4.69) is 40.1 Å². The molecule has 0 amide bonds. The second kappa shape index (κ2) is 7.93. The molecule has 0 aromatic carbocycles. The zero-order valence-corrected chi connectivity index (χ0v) is 12.8. The van der Waals surface area contributed by atoms with Gasteiger partial charge in [0, 0.05) is 6.04 Å². The first-order valence-electron chi connectivity index (χ1n) is 6.21. The number of pyridine rings is 1. The lowest BCUT2D eigenvalue weighted by Gasteiger charge is -2.15. The van der Waals surface area contributed by atoms with E-state index in [1.54, 1.807) is 6.20 Å². The molecule has 1 rings (SSSR count). The van der Waals surface area contributed by atoms with E-state index in [4.69, 9.17) is 11.6 Å². The fourth-order valence-electron chi connectivity index (χ4n) is 1.73. The van der Waals surface area contributed by atoms with E-state index < -0.39 is 0 Å². The summed E-state index contributed by atoms with van der Waals surface area (Å²) in [6, 6.07) is 2.44. The summed E-state index contributed by atoms with van der Waals surface area (Å²) in [5, 5.41) is 3.94. The number of nitrogens with zero attached hydrogens (tertiary/aromatic N) is 1. The van der Waals surface area contributed by atoms with Crippen LogP contribution >= 0.6 is 27.5 Å². The summed E-state index contributed by atoms with van der Waals surface area (Å²) in [4.78, 5) is 4.10. The third kappa shape index (κ3) is 5.73. The van der Waals surface area contributed by atoms with Gasteiger partial charge in [-0.05, 0) is 35.3 Å². The van der Waals surface area contributed by atoms with Crippen LogP contribution in [0.25, 0.3) is 0 Å². The lowest BCUT2D eigenvalue weighted by atomic mass is 10.1. The molecule has 1 atom stereocenters. The molecule has 17 heavy (non-hydrogen) atoms. The molecule has 1 heterocycles. The van der Waals surface area contributed by atoms with Crippen LogP contribution < -0.4 is 5.32 Å². The Morgan fingerprint density at radius 1 is 1.41 bits per heavy atom. The third-order valence-corrected chi connectivity index (χ3v) is 3.83. The van der Waals surface area contributed by atoms with Crippen molar-refractivity contribution in [1.29, 1.82) is 0 Å². The number of rotatable bonds is 7. The van der Waals surface area contributed by atoms with E-state index >= 15 is 0 Å². The number of unbranched alkanes of at least 4 members (excludes halogenated alkanes) is 3. The maximum Gasteiger partial charge on any atom is 0.143 e. The fourth-order valence-corrected chi connectivity index (χ4v) is 2.19. The minimum atomic E-state index is 0.474. The molecule has 0 spiro atoms. The van der Waals surface area contributed by atoms with Crippen molar-refractivity contribution in [2.24, 2.45) is 0 Å². The van der Waals surface area contributed by atoms with Crippen molar-refractivity contribution in [1.82, 2.24) is 4.98 Å². The molecule has 0 saturated heterocycles. The first-order chi connectivity index (χ1) is 8.13. The Hall–Kier alpha value is -0.280. The van der Waals surface area contributed by atoms with Crippen LogP contribution in [0.2, 0.25) is 5.15 Å². The molecule has 0 aliphatic rings. The van der Waals surface area contributed by atoms with Crippen molar-refractivity contribution in [2.45, 2.75) is 52.0 Å². The number of hydrogen-bond donors (Lipinski definition) is 1. The Kier molecular flexibility index (Phi) is 6.90. The first-order valence-corrected chi connectivity index (χ1v) is 7.38. The molecule has 2 nitrogen and oxygen atoms in total. The van der Waals surface area contributed by atoms with Crippen molar-refractivity contribution in [2.75, 3.05) is 5.32 Å². The Morgan fingerprint density at radius 2 is 2.18 bits per heavy atom. The van der Waals surface area contributed by atoms with Crippen LogP contribution in [0.15, 0.2) is 16.7 Å². The van der Waals surface area contributed by atoms with Gasteiger partial charge in [-0.25, -0.2) is 4.98 Å². The summed E-state index contributed by atoms with van der Waals surface area (Å²) in [6.45, 7) is 4.44. The molecule has 0 saturated carbocycles. The van der Waals surface area contributed by atoms with E-state index in [0.29, 0.717) is 11.2 Å². The highest BCUT2D eigenvalue weighted by Crippen LogP contribution is 2.23. The van der Waals surface area contributed by atoms with Crippen LogP contribution in [0.5, 0.6) is 0 Å². The highest BCUT2D eigenvalue weighted by atomic mass is 79.9. The van der Waals surface area contributed by atoms with Crippen LogP contribution in [0.1, 0.15) is 46.0 Å². The molecular weight excluding hydrogens is 300 g/mol. The normalized spacial score (nSPS) is 12.5. The topological polar surface area (TPSA) is 24.9 Å². The van der Waals surface area contributed by atoms with Gasteiger partial charge in [-0.3, -0.25) is 0 Å². The molecular formula is C13H20BrClN2. The van der Waals surface area contributed by atoms with Crippen LogP contribution in [-0.2, 0) is 0 Å². The quantitative estimate of drug-likeness (QED) is 0.547. The summed E-state index contributed by atoms with van der Waals surface area (Å²) >= 11 is 9.22. The smallest absolute Gasteiger partial charge is 0.143 e. The number of anilines is 1. The maximum atomic E-state index is 5.85. The van der Waals surface area contributed by atoms with E-state index in [1.807, 2.05) is 6.07 Å². The number of aromatic nitrogens is 1. The van der Waals surface area contributed by atoms with Crippen molar-refractivity contribution in [3.63, 3.8) is 0 Å². The summed E-state index contributed by atoms with van der Waals surface area (Å²) in [5.41, 5.74) is 1.02. The predicted molar refractivity (Wildman–Crippen MR) is 78.8 cm³/mol. The van der Waals surface area contributed by atoms with E-state index in [1.165, 1.54) is 32.1 Å². The minimum Gasteiger partial charge on any atom is -0.381 e. The van der Waals surface area contributed by atoms with Crippen molar-refractivity contribution in [3.05, 3.63) is 21.9 Å². The Bertz CT molecular complexity index is 344. The summed E-state index contributed by atoms with van der Waals surface area (Å²) in [7, 11) is 0. The zero-order chi connectivity index (χ0) is 12.7. The van der Waals surface area contributed by atoms with Gasteiger partial charge in [0.2, 0.25) is 0 Å². The maximum absolute atomic E-state index is 5.85. The van der Waals surface area contributed by atoms with E-state index in [0.717, 1.165) is 10.2 Å². The molecule has 0 aliphatic heterocycles. The monoisotopic (exact) mass is 318 g/mol. The molecule has 0 fully saturated rings. The Morgan fingerprint density at radius 3 is 2.82 bits per heavy atom. The number of nitrogens with one attached hydrogen (secondary N) is 1. The van der Waals surface area contributed by atoms with Gasteiger partial charge in [-0.15, -0.1) is 0 Å². The first kappa shape index (κ1) is 14.8. The predicted octanol–water partition coefficient (Wildman–Crippen LogP) is 5.27. The van der Waals surface area contributed by atoms with Gasteiger partial charge in [0.25, 0.3) is 0 Å². The van der Waals surface area contributed by atoms with Gasteiger partial charge in [-0.1, -0.05) is 44.2 Å². The van der Waals surface area contributed by atoms with Crippen molar-refractivity contribution >= 4 is 33.2 Å². The summed E-state index contributed by atoms with van der Waals surface area (Å²) in [6.07, 6.45) is 8.20. The number of hydrogen-bond acceptors (Lipinski definition) is 2. The van der Waals surface area contributed by atoms with E-state index in [9.17, 15) is 0 Å². The molecule has 1 unspecified atom stereocenters. The second-order valence-electron chi connectivity index (χ2n) is 4.39. The lowest BCUT2D eigenvalue weighted by Crippen LogP contribution is -2.15. The molecule has 96 valence electrons. The average Bonchev–Trinajstić information content (AvgIpc) is 2.30. The molecule has 4 heteroatoms. The summed E-state index contributed by atoms with van der Waals surface area (Å²) < 4.78 is 0.836. The van der Waals surface area contributed by atoms with Gasteiger partial charge < -0.3 is 5.32 Å². The third-order valence-electron chi connectivity index (χ3n) is 2.70. The molecule has 0 aliphatic carbocycles. The second-order valence-corrected chi connectivity index (χ2v) is 5.60. The van der Waals surface area contributed by atoms with Gasteiger partial charge in [0.05, 0.1) is 16.4 Å². The number of halogens is 2. The molecule has 1 N–H and O–H groups in total. The van der Waals surface area contributed by atoms with Gasteiger partial charge >= 0.3 is 0 Å². The van der Waals surface area contributed by atoms with Gasteiger partial charge in [-0.2, -0.15) is 0 Å². The highest BCUT2D eigenvalue weighted by Gasteiger charge is 2.04. The average molecular weight is 320 g/mol. The fraction of sp³-hybridized carbons (Fsp3) is 0.615. The summed E-state index contributed by atoms with van der Waals surface area (Å²) in [5.74, 6) is 0. The largest absolute Gasteiger partial charge is 0.381 e. The van der Waals surface area contributed by atoms with Crippen LogP contribution in [0.3, 0.4) is 0 Å². The molecule has 0 radical (unpaired) electrons. The van der Waals surface area contributed by atoms with Crippen LogP contribution in [0, 0.1) is 0 Å². The van der Waals surface area contributed by atoms with Crippen LogP contribution in [0.4, 0.5) is 5.69 Å². The highest BCUT2D eigenvalue weighted by molar-refractivity contribution is 9.10. The van der Waals surface area contributed by atoms with Crippen molar-refractivity contribution in [3.8, 4) is 0 Å². The SMILES string of the molecule is CCCCCCC(C)Nc1cnc(Cl)c(Br)c1. The van der Waals surface area contributed by atoms with E-state index in [-0.39, 0.29) is 0 Å². The standard InChI is InChI=1S/C13H20BrClN2/c1-3-4-5-6-7-10(2)17-11-8-12(14)13(15)16-9-11/h8-10,17H,3-7H2,1-2H3. The Labute approximate surface area is 117 Å². The molecule has 0 bridgehead atoms. The molecule has 1 aromatic rings. The Balaban J connectivity index is 2.34. The zero-order valence-electron chi connectivity index (χ0n) is 10.5. The minimum absolute atomic E-state index is 0.474. The van der Waals surface area contributed by atoms with Gasteiger partial charge in [0.1, 0.15) is 5.15 Å².